The van der Waals surface area contributed by atoms with Crippen LogP contribution < -0.4 is 9.64 Å². The molecule has 27 heavy (non-hydrogen) atoms. The molecule has 0 aliphatic heterocycles. The van der Waals surface area contributed by atoms with Gasteiger partial charge in [-0.25, -0.2) is 4.98 Å². The van der Waals surface area contributed by atoms with Crippen LogP contribution in [-0.4, -0.2) is 23.1 Å². The molecule has 2 rings (SSSR count). The molecule has 2 aromatic rings. The molecule has 1 heterocycles. The topological polar surface area (TPSA) is 38.2 Å². The summed E-state index contributed by atoms with van der Waals surface area (Å²) >= 11 is 0. The highest BCUT2D eigenvalue weighted by molar-refractivity contribution is 5.63. The van der Waals surface area contributed by atoms with E-state index in [2.05, 4.69) is 30.7 Å². The van der Waals surface area contributed by atoms with Gasteiger partial charge < -0.3 is 9.64 Å². The lowest BCUT2D eigenvalue weighted by atomic mass is 9.87. The molecule has 0 aliphatic rings. The first-order valence-corrected chi connectivity index (χ1v) is 8.88. The van der Waals surface area contributed by atoms with E-state index in [1.54, 1.807) is 13.1 Å². The van der Waals surface area contributed by atoms with Crippen LogP contribution >= 0.6 is 0 Å². The van der Waals surface area contributed by atoms with Crippen molar-refractivity contribution in [1.29, 1.82) is 0 Å². The van der Waals surface area contributed by atoms with Gasteiger partial charge >= 0.3 is 12.2 Å². The van der Waals surface area contributed by atoms with Gasteiger partial charge in [-0.15, -0.1) is 0 Å². The van der Waals surface area contributed by atoms with Crippen LogP contribution in [0.25, 0.3) is 0 Å². The summed E-state index contributed by atoms with van der Waals surface area (Å²) in [4.78, 5) is 9.23. The Bertz CT molecular complexity index is 785. The van der Waals surface area contributed by atoms with Crippen molar-refractivity contribution in [2.75, 3.05) is 11.9 Å². The summed E-state index contributed by atoms with van der Waals surface area (Å²) in [6.45, 7) is 9.89. The average Bonchev–Trinajstić information content (AvgIpc) is 2.59. The highest BCUT2D eigenvalue weighted by atomic mass is 19.4. The van der Waals surface area contributed by atoms with Crippen molar-refractivity contribution >= 4 is 11.5 Å². The van der Waals surface area contributed by atoms with E-state index in [0.29, 0.717) is 12.1 Å². The third-order valence-electron chi connectivity index (χ3n) is 4.35. The number of aromatic nitrogens is 2. The molecule has 4 nitrogen and oxygen atoms in total. The quantitative estimate of drug-likeness (QED) is 0.662. The zero-order valence-electron chi connectivity index (χ0n) is 16.6. The molecule has 0 saturated heterocycles. The number of alkyl halides is 3. The number of hydrogen-bond donors (Lipinski definition) is 0. The fourth-order valence-electron chi connectivity index (χ4n) is 2.44. The van der Waals surface area contributed by atoms with Crippen LogP contribution in [0.5, 0.6) is 6.01 Å². The van der Waals surface area contributed by atoms with Crippen LogP contribution in [0.3, 0.4) is 0 Å². The van der Waals surface area contributed by atoms with Crippen LogP contribution in [0, 0.1) is 0 Å². The molecule has 0 bridgehead atoms. The number of rotatable bonds is 5. The van der Waals surface area contributed by atoms with E-state index >= 15 is 0 Å². The Morgan fingerprint density at radius 1 is 1.19 bits per heavy atom. The maximum atomic E-state index is 13.5. The van der Waals surface area contributed by atoms with Gasteiger partial charge in [-0.2, -0.15) is 18.2 Å². The number of anilines is 2. The first-order chi connectivity index (χ1) is 12.4. The van der Waals surface area contributed by atoms with Crippen molar-refractivity contribution in [3.8, 4) is 6.01 Å². The lowest BCUT2D eigenvalue weighted by molar-refractivity contribution is -0.137. The third kappa shape index (κ3) is 5.11. The number of benzene rings is 1. The van der Waals surface area contributed by atoms with Crippen LogP contribution in [-0.2, 0) is 11.6 Å². The summed E-state index contributed by atoms with van der Waals surface area (Å²) in [5.74, 6) is -0.234. The summed E-state index contributed by atoms with van der Waals surface area (Å²) in [5.41, 5.74) is 0.606. The Hall–Kier alpha value is -2.31. The second-order valence-corrected chi connectivity index (χ2v) is 7.58. The maximum absolute atomic E-state index is 13.5. The maximum Gasteiger partial charge on any atom is 0.421 e. The summed E-state index contributed by atoms with van der Waals surface area (Å²) in [6, 6.07) is 7.35. The highest BCUT2D eigenvalue weighted by Crippen LogP contribution is 2.38. The smallest absolute Gasteiger partial charge is 0.421 e. The Labute approximate surface area is 158 Å². The van der Waals surface area contributed by atoms with Gasteiger partial charge in [0.1, 0.15) is 5.56 Å². The Kier molecular flexibility index (Phi) is 6.02. The molecule has 0 fully saturated rings. The van der Waals surface area contributed by atoms with Gasteiger partial charge in [-0.05, 0) is 36.5 Å². The molecule has 0 spiro atoms. The second kappa shape index (κ2) is 7.74. The molecule has 7 heteroatoms. The lowest BCUT2D eigenvalue weighted by Crippen LogP contribution is -2.21. The minimum absolute atomic E-state index is 0.0637. The van der Waals surface area contributed by atoms with E-state index in [1.165, 1.54) is 4.90 Å². The Balaban J connectivity index is 2.52. The molecule has 0 aliphatic carbocycles. The van der Waals surface area contributed by atoms with Gasteiger partial charge in [0.15, 0.2) is 5.82 Å². The molecular formula is C20H26F3N3O. The molecule has 1 aromatic carbocycles. The fourth-order valence-corrected chi connectivity index (χ4v) is 2.44. The number of halogens is 3. The Morgan fingerprint density at radius 3 is 2.41 bits per heavy atom. The first kappa shape index (κ1) is 21.0. The van der Waals surface area contributed by atoms with E-state index in [9.17, 15) is 13.2 Å². The summed E-state index contributed by atoms with van der Waals surface area (Å²) < 4.78 is 46.0. The first-order valence-electron chi connectivity index (χ1n) is 8.88. The van der Waals surface area contributed by atoms with Crippen LogP contribution in [0.2, 0.25) is 0 Å². The molecule has 0 saturated carbocycles. The predicted octanol–water partition coefficient (Wildman–Crippen LogP) is 5.74. The SMILES string of the molecule is CCC(C)Oc1ncc(C(F)(F)F)c(N(C)c2cccc(C(C)(C)C)c2)n1. The standard InChI is InChI=1S/C20H26F3N3O/c1-7-13(2)27-18-24-12-16(20(21,22)23)17(25-18)26(6)15-10-8-9-14(11-15)19(3,4)5/h8-13H,7H2,1-6H3. The van der Waals surface area contributed by atoms with Crippen molar-refractivity contribution in [2.45, 2.75) is 58.7 Å². The molecule has 0 N–H and O–H groups in total. The van der Waals surface area contributed by atoms with Gasteiger partial charge in [-0.3, -0.25) is 0 Å². The zero-order chi connectivity index (χ0) is 20.4. The largest absolute Gasteiger partial charge is 0.460 e. The zero-order valence-corrected chi connectivity index (χ0v) is 16.6. The molecule has 1 unspecified atom stereocenters. The number of nitrogens with zero attached hydrogens (tertiary/aromatic N) is 3. The number of hydrogen-bond acceptors (Lipinski definition) is 4. The summed E-state index contributed by atoms with van der Waals surface area (Å²) in [6.07, 6.45) is -3.28. The van der Waals surface area contributed by atoms with E-state index < -0.39 is 11.7 Å². The van der Waals surface area contributed by atoms with Crippen molar-refractivity contribution in [2.24, 2.45) is 0 Å². The minimum Gasteiger partial charge on any atom is -0.460 e. The Morgan fingerprint density at radius 2 is 1.85 bits per heavy atom. The van der Waals surface area contributed by atoms with Gasteiger partial charge in [-0.1, -0.05) is 39.8 Å². The van der Waals surface area contributed by atoms with E-state index in [1.807, 2.05) is 32.0 Å². The average molecular weight is 381 g/mol. The van der Waals surface area contributed by atoms with E-state index in [0.717, 1.165) is 11.8 Å². The normalized spacial score (nSPS) is 13.4. The van der Waals surface area contributed by atoms with Crippen LogP contribution in [0.15, 0.2) is 30.5 Å². The number of ether oxygens (including phenoxy) is 1. The molecule has 0 radical (unpaired) electrons. The van der Waals surface area contributed by atoms with Crippen molar-refractivity contribution in [1.82, 2.24) is 9.97 Å². The van der Waals surface area contributed by atoms with Gasteiger partial charge in [0.25, 0.3) is 0 Å². The van der Waals surface area contributed by atoms with E-state index in [-0.39, 0.29) is 23.3 Å². The van der Waals surface area contributed by atoms with Gasteiger partial charge in [0, 0.05) is 18.9 Å². The summed E-state index contributed by atoms with van der Waals surface area (Å²) in [7, 11) is 1.56. The van der Waals surface area contributed by atoms with Crippen molar-refractivity contribution in [3.63, 3.8) is 0 Å². The predicted molar refractivity (Wildman–Crippen MR) is 101 cm³/mol. The van der Waals surface area contributed by atoms with Gasteiger partial charge in [0.2, 0.25) is 0 Å². The monoisotopic (exact) mass is 381 g/mol. The molecule has 148 valence electrons. The minimum atomic E-state index is -4.57. The molecular weight excluding hydrogens is 355 g/mol. The van der Waals surface area contributed by atoms with Gasteiger partial charge in [0.05, 0.1) is 6.10 Å². The van der Waals surface area contributed by atoms with E-state index in [4.69, 9.17) is 4.74 Å². The van der Waals surface area contributed by atoms with Crippen LogP contribution in [0.4, 0.5) is 24.7 Å². The molecule has 0 amide bonds. The van der Waals surface area contributed by atoms with Crippen molar-refractivity contribution < 1.29 is 17.9 Å². The molecule has 1 atom stereocenters. The lowest BCUT2D eigenvalue weighted by Gasteiger charge is -2.25. The third-order valence-corrected chi connectivity index (χ3v) is 4.35. The fraction of sp³-hybridized carbons (Fsp3) is 0.500. The van der Waals surface area contributed by atoms with Crippen molar-refractivity contribution in [3.05, 3.63) is 41.6 Å². The van der Waals surface area contributed by atoms with Crippen LogP contribution in [0.1, 0.15) is 52.2 Å². The second-order valence-electron chi connectivity index (χ2n) is 7.58. The summed E-state index contributed by atoms with van der Waals surface area (Å²) in [5, 5.41) is 0. The highest BCUT2D eigenvalue weighted by Gasteiger charge is 2.37. The molecule has 1 aromatic heterocycles.